The molecule has 1 unspecified atom stereocenters. The van der Waals surface area contributed by atoms with E-state index in [0.29, 0.717) is 44.0 Å². The van der Waals surface area contributed by atoms with Gasteiger partial charge in [-0.2, -0.15) is 0 Å². The number of benzene rings is 4. The van der Waals surface area contributed by atoms with Crippen LogP contribution in [0.3, 0.4) is 0 Å². The van der Waals surface area contributed by atoms with Crippen LogP contribution in [-0.2, 0) is 20.9 Å². The number of rotatable bonds is 17. The van der Waals surface area contributed by atoms with Gasteiger partial charge in [0.1, 0.15) is 18.4 Å². The summed E-state index contributed by atoms with van der Waals surface area (Å²) in [5.41, 5.74) is 7.29. The SMILES string of the molecule is CN(CCOc1ccc(/C(=C(/CCCl)c2ccccc2)c2ccccc2)cc1)C(=O)CCCCCSc1cccc2c1CN(C1CCC(=O)NC1=O)C2=O. The number of alkyl halides is 1. The summed E-state index contributed by atoms with van der Waals surface area (Å²) in [5.74, 6) is 1.38. The van der Waals surface area contributed by atoms with Gasteiger partial charge in [-0.3, -0.25) is 24.5 Å². The molecule has 8 nitrogen and oxygen atoms in total. The van der Waals surface area contributed by atoms with Crippen LogP contribution >= 0.6 is 23.4 Å². The van der Waals surface area contributed by atoms with Crippen molar-refractivity contribution in [2.75, 3.05) is 31.8 Å². The second-order valence-corrected chi connectivity index (χ2v) is 15.1. The highest BCUT2D eigenvalue weighted by molar-refractivity contribution is 7.99. The van der Waals surface area contributed by atoms with Gasteiger partial charge in [0.15, 0.2) is 0 Å². The molecule has 1 fully saturated rings. The van der Waals surface area contributed by atoms with E-state index in [1.807, 2.05) is 49.5 Å². The molecule has 4 aromatic carbocycles. The largest absolute Gasteiger partial charge is 0.492 e. The highest BCUT2D eigenvalue weighted by Crippen LogP contribution is 2.36. The molecule has 0 bridgehead atoms. The predicted molar refractivity (Wildman–Crippen MR) is 215 cm³/mol. The lowest BCUT2D eigenvalue weighted by atomic mass is 9.88. The minimum absolute atomic E-state index is 0.0971. The first-order valence-electron chi connectivity index (χ1n) is 18.6. The minimum atomic E-state index is -0.619. The molecule has 2 aliphatic heterocycles. The number of fused-ring (bicyclic) bond motifs is 1. The zero-order valence-electron chi connectivity index (χ0n) is 30.6. The van der Waals surface area contributed by atoms with Crippen LogP contribution in [0.25, 0.3) is 11.1 Å². The first kappa shape index (κ1) is 38.9. The van der Waals surface area contributed by atoms with Crippen LogP contribution in [-0.4, -0.2) is 71.3 Å². The lowest BCUT2D eigenvalue weighted by Crippen LogP contribution is -2.52. The molecule has 1 N–H and O–H groups in total. The van der Waals surface area contributed by atoms with Gasteiger partial charge in [0.25, 0.3) is 5.91 Å². The molecule has 4 aromatic rings. The van der Waals surface area contributed by atoms with E-state index in [9.17, 15) is 19.2 Å². The molecule has 10 heteroatoms. The molecular weight excluding hydrogens is 718 g/mol. The summed E-state index contributed by atoms with van der Waals surface area (Å²) in [4.78, 5) is 54.3. The van der Waals surface area contributed by atoms with Crippen LogP contribution < -0.4 is 10.1 Å². The van der Waals surface area contributed by atoms with E-state index in [2.05, 4.69) is 66.0 Å². The van der Waals surface area contributed by atoms with Crippen LogP contribution in [0.4, 0.5) is 0 Å². The standard InChI is InChI=1S/C44H46ClN3O5S/c1-47(27-28-53-34-21-19-33(20-22-34)42(32-14-7-3-8-15-32)35(25-26-45)31-12-5-2-6-13-31)41(50)18-9-4-10-29-54-39-17-11-16-36-37(39)30-48(44(36)52)38-23-24-40(49)46-43(38)51/h2-3,5-8,11-17,19-22,38H,4,9-10,18,23-30H2,1H3,(H,46,49,51)/b42-35-. The quantitative estimate of drug-likeness (QED) is 0.0383. The number of carbonyl (C=O) groups excluding carboxylic acids is 4. The average molecular weight is 764 g/mol. The van der Waals surface area contributed by atoms with Gasteiger partial charge in [-0.15, -0.1) is 23.4 Å². The number of piperidine rings is 1. The zero-order valence-corrected chi connectivity index (χ0v) is 32.2. The van der Waals surface area contributed by atoms with Crippen molar-refractivity contribution in [2.45, 2.75) is 62.4 Å². The van der Waals surface area contributed by atoms with Gasteiger partial charge < -0.3 is 14.5 Å². The number of allylic oxidation sites excluding steroid dienone is 1. The van der Waals surface area contributed by atoms with E-state index >= 15 is 0 Å². The number of likely N-dealkylation sites (N-methyl/N-ethyl adjacent to an activating group) is 1. The van der Waals surface area contributed by atoms with Crippen molar-refractivity contribution in [1.82, 2.24) is 15.1 Å². The molecular formula is C44H46ClN3O5S. The van der Waals surface area contributed by atoms with Crippen LogP contribution in [0.15, 0.2) is 108 Å². The van der Waals surface area contributed by atoms with Gasteiger partial charge in [-0.1, -0.05) is 85.3 Å². The van der Waals surface area contributed by atoms with Crippen molar-refractivity contribution in [3.8, 4) is 5.75 Å². The van der Waals surface area contributed by atoms with Gasteiger partial charge in [0.05, 0.1) is 6.54 Å². The summed E-state index contributed by atoms with van der Waals surface area (Å²) in [6.45, 7) is 1.26. The lowest BCUT2D eigenvalue weighted by molar-refractivity contribution is -0.137. The van der Waals surface area contributed by atoms with Gasteiger partial charge >= 0.3 is 0 Å². The molecule has 2 aliphatic rings. The molecule has 0 spiro atoms. The summed E-state index contributed by atoms with van der Waals surface area (Å²) < 4.78 is 6.06. The maximum Gasteiger partial charge on any atom is 0.255 e. The zero-order chi connectivity index (χ0) is 37.9. The number of nitrogens with zero attached hydrogens (tertiary/aromatic N) is 2. The van der Waals surface area contributed by atoms with Gasteiger partial charge in [0, 0.05) is 42.8 Å². The van der Waals surface area contributed by atoms with Gasteiger partial charge in [0.2, 0.25) is 17.7 Å². The smallest absolute Gasteiger partial charge is 0.255 e. The monoisotopic (exact) mass is 763 g/mol. The number of halogens is 1. The van der Waals surface area contributed by atoms with Crippen LogP contribution in [0.5, 0.6) is 5.75 Å². The minimum Gasteiger partial charge on any atom is -0.492 e. The summed E-state index contributed by atoms with van der Waals surface area (Å²) >= 11 is 8.01. The first-order valence-corrected chi connectivity index (χ1v) is 20.1. The maximum atomic E-state index is 13.1. The van der Waals surface area contributed by atoms with Crippen LogP contribution in [0.1, 0.15) is 77.6 Å². The Balaban J connectivity index is 0.935. The maximum absolute atomic E-state index is 13.1. The van der Waals surface area contributed by atoms with Gasteiger partial charge in [-0.25, -0.2) is 0 Å². The summed E-state index contributed by atoms with van der Waals surface area (Å²) in [7, 11) is 1.82. The second kappa shape index (κ2) is 18.9. The number of ether oxygens (including phenoxy) is 1. The fraction of sp³-hybridized carbons (Fsp3) is 0.318. The molecule has 280 valence electrons. The number of amides is 4. The van der Waals surface area contributed by atoms with E-state index in [-0.39, 0.29) is 24.1 Å². The Kier molecular flexibility index (Phi) is 13.6. The molecule has 0 radical (unpaired) electrons. The van der Waals surface area contributed by atoms with E-state index in [1.54, 1.807) is 21.6 Å². The average Bonchev–Trinajstić information content (AvgIpc) is 3.53. The van der Waals surface area contributed by atoms with E-state index in [0.717, 1.165) is 69.9 Å². The Labute approximate surface area is 326 Å². The molecule has 1 saturated heterocycles. The Morgan fingerprint density at radius 1 is 0.852 bits per heavy atom. The van der Waals surface area contributed by atoms with E-state index < -0.39 is 11.9 Å². The molecule has 0 saturated carbocycles. The molecule has 2 heterocycles. The molecule has 0 aliphatic carbocycles. The van der Waals surface area contributed by atoms with Gasteiger partial charge in [-0.05, 0) is 89.1 Å². The topological polar surface area (TPSA) is 96.0 Å². The summed E-state index contributed by atoms with van der Waals surface area (Å²) in [6, 6.07) is 34.0. The number of thioether (sulfide) groups is 1. The van der Waals surface area contributed by atoms with Crippen molar-refractivity contribution in [2.24, 2.45) is 0 Å². The second-order valence-electron chi connectivity index (χ2n) is 13.6. The number of unbranched alkanes of at least 4 members (excludes halogenated alkanes) is 2. The summed E-state index contributed by atoms with van der Waals surface area (Å²) in [5, 5.41) is 2.36. The molecule has 6 rings (SSSR count). The number of nitrogens with one attached hydrogen (secondary N) is 1. The first-order chi connectivity index (χ1) is 26.3. The Bertz CT molecular complexity index is 1970. The van der Waals surface area contributed by atoms with Crippen LogP contribution in [0, 0.1) is 0 Å². The fourth-order valence-electron chi connectivity index (χ4n) is 7.03. The molecule has 54 heavy (non-hydrogen) atoms. The van der Waals surface area contributed by atoms with Crippen molar-refractivity contribution >= 4 is 58.1 Å². The Morgan fingerprint density at radius 3 is 2.26 bits per heavy atom. The number of hydrogen-bond acceptors (Lipinski definition) is 6. The van der Waals surface area contributed by atoms with E-state index in [4.69, 9.17) is 16.3 Å². The van der Waals surface area contributed by atoms with Crippen LogP contribution in [0.2, 0.25) is 0 Å². The predicted octanol–water partition coefficient (Wildman–Crippen LogP) is 8.23. The normalized spacial score (nSPS) is 15.8. The lowest BCUT2D eigenvalue weighted by Gasteiger charge is -2.29. The van der Waals surface area contributed by atoms with Crippen molar-refractivity contribution in [3.63, 3.8) is 0 Å². The van der Waals surface area contributed by atoms with Crippen molar-refractivity contribution in [3.05, 3.63) is 131 Å². The third kappa shape index (κ3) is 9.62. The van der Waals surface area contributed by atoms with Crippen molar-refractivity contribution in [1.29, 1.82) is 0 Å². The molecule has 4 amide bonds. The highest BCUT2D eigenvalue weighted by Gasteiger charge is 2.39. The Morgan fingerprint density at radius 2 is 1.56 bits per heavy atom. The van der Waals surface area contributed by atoms with E-state index in [1.165, 1.54) is 5.57 Å². The number of hydrogen-bond donors (Lipinski definition) is 1. The number of carbonyl (C=O) groups is 4. The van der Waals surface area contributed by atoms with Crippen molar-refractivity contribution < 1.29 is 23.9 Å². The fourth-order valence-corrected chi connectivity index (χ4v) is 8.31. The third-order valence-corrected chi connectivity index (χ3v) is 11.3. The Hall–Kier alpha value is -4.86. The molecule has 0 aromatic heterocycles. The summed E-state index contributed by atoms with van der Waals surface area (Å²) in [6.07, 6.45) is 4.46. The molecule has 1 atom stereocenters. The number of imide groups is 1. The third-order valence-electron chi connectivity index (χ3n) is 9.93. The highest BCUT2D eigenvalue weighted by atomic mass is 35.5.